The van der Waals surface area contributed by atoms with Crippen LogP contribution in [0.15, 0.2) is 42.0 Å². The summed E-state index contributed by atoms with van der Waals surface area (Å²) >= 11 is 11.2. The predicted octanol–water partition coefficient (Wildman–Crippen LogP) is 3.18. The summed E-state index contributed by atoms with van der Waals surface area (Å²) in [4.78, 5) is 4.37. The molecule has 0 saturated heterocycles. The lowest BCUT2D eigenvalue weighted by molar-refractivity contribution is 0.941. The van der Waals surface area contributed by atoms with Crippen molar-refractivity contribution in [3.63, 3.8) is 0 Å². The first-order valence-corrected chi connectivity index (χ1v) is 7.13. The summed E-state index contributed by atoms with van der Waals surface area (Å²) in [6.07, 6.45) is 3.31. The third kappa shape index (κ3) is 4.24. The van der Waals surface area contributed by atoms with Crippen molar-refractivity contribution in [1.29, 1.82) is 0 Å². The van der Waals surface area contributed by atoms with Gasteiger partial charge in [-0.1, -0.05) is 29.8 Å². The third-order valence-electron chi connectivity index (χ3n) is 2.73. The van der Waals surface area contributed by atoms with Gasteiger partial charge in [0.25, 0.3) is 0 Å². The summed E-state index contributed by atoms with van der Waals surface area (Å²) in [5, 5.41) is 8.79. The molecule has 108 valence electrons. The molecular weight excluding hydrogens is 304 g/mol. The molecule has 0 unspecified atom stereocenters. The van der Waals surface area contributed by atoms with Gasteiger partial charge in [0.2, 0.25) is 0 Å². The standard InChI is InChI=1S/C15H15ClN4S/c1-3-6-17-15(21)20-18-9-12-8-11-5-4-10(2)7-13(11)19-14(12)16/h3-5,7-9H,1,6H2,2H3,(H2,17,20,21)/b18-9+. The van der Waals surface area contributed by atoms with Crippen LogP contribution in [0.3, 0.4) is 0 Å². The predicted molar refractivity (Wildman–Crippen MR) is 93.0 cm³/mol. The molecule has 0 fully saturated rings. The highest BCUT2D eigenvalue weighted by molar-refractivity contribution is 7.80. The highest BCUT2D eigenvalue weighted by atomic mass is 35.5. The van der Waals surface area contributed by atoms with Crippen LogP contribution in [0.1, 0.15) is 11.1 Å². The number of fused-ring (bicyclic) bond motifs is 1. The number of thiocarbonyl (C=S) groups is 1. The largest absolute Gasteiger partial charge is 0.358 e. The summed E-state index contributed by atoms with van der Waals surface area (Å²) in [7, 11) is 0. The number of aromatic nitrogens is 1. The zero-order valence-electron chi connectivity index (χ0n) is 11.6. The van der Waals surface area contributed by atoms with E-state index in [2.05, 4.69) is 27.4 Å². The second kappa shape index (κ2) is 7.15. The summed E-state index contributed by atoms with van der Waals surface area (Å²) in [5.74, 6) is 0. The van der Waals surface area contributed by atoms with E-state index in [-0.39, 0.29) is 0 Å². The number of nitrogens with zero attached hydrogens (tertiary/aromatic N) is 2. The smallest absolute Gasteiger partial charge is 0.187 e. The highest BCUT2D eigenvalue weighted by Crippen LogP contribution is 2.20. The molecule has 2 rings (SSSR count). The van der Waals surface area contributed by atoms with E-state index in [4.69, 9.17) is 23.8 Å². The number of halogens is 1. The summed E-state index contributed by atoms with van der Waals surface area (Å²) in [6, 6.07) is 7.98. The number of nitrogens with one attached hydrogen (secondary N) is 2. The molecule has 2 N–H and O–H groups in total. The van der Waals surface area contributed by atoms with Gasteiger partial charge in [0.15, 0.2) is 5.11 Å². The Kier molecular flexibility index (Phi) is 5.25. The van der Waals surface area contributed by atoms with E-state index in [1.807, 2.05) is 31.2 Å². The van der Waals surface area contributed by atoms with E-state index in [0.717, 1.165) is 22.0 Å². The molecule has 0 aliphatic rings. The average molecular weight is 319 g/mol. The van der Waals surface area contributed by atoms with Crippen LogP contribution in [0.5, 0.6) is 0 Å². The number of rotatable bonds is 4. The maximum absolute atomic E-state index is 6.16. The van der Waals surface area contributed by atoms with Gasteiger partial charge in [0.05, 0.1) is 11.7 Å². The van der Waals surface area contributed by atoms with Gasteiger partial charge < -0.3 is 5.32 Å². The van der Waals surface area contributed by atoms with Crippen molar-refractivity contribution >= 4 is 46.0 Å². The Morgan fingerprint density at radius 2 is 2.29 bits per heavy atom. The quantitative estimate of drug-likeness (QED) is 0.299. The van der Waals surface area contributed by atoms with Crippen molar-refractivity contribution in [3.8, 4) is 0 Å². The molecule has 0 aliphatic carbocycles. The molecular formula is C15H15ClN4S. The fourth-order valence-electron chi connectivity index (χ4n) is 1.73. The minimum atomic E-state index is 0.406. The monoisotopic (exact) mass is 318 g/mol. The van der Waals surface area contributed by atoms with E-state index < -0.39 is 0 Å². The van der Waals surface area contributed by atoms with E-state index in [1.165, 1.54) is 0 Å². The van der Waals surface area contributed by atoms with Gasteiger partial charge in [-0.3, -0.25) is 5.43 Å². The Morgan fingerprint density at radius 1 is 1.48 bits per heavy atom. The molecule has 0 radical (unpaired) electrons. The average Bonchev–Trinajstić information content (AvgIpc) is 2.45. The first-order chi connectivity index (χ1) is 10.1. The van der Waals surface area contributed by atoms with Gasteiger partial charge in [-0.05, 0) is 36.8 Å². The molecule has 0 bridgehead atoms. The third-order valence-corrected chi connectivity index (χ3v) is 3.27. The number of benzene rings is 1. The van der Waals surface area contributed by atoms with Gasteiger partial charge in [-0.2, -0.15) is 5.10 Å². The fraction of sp³-hybridized carbons (Fsp3) is 0.133. The molecule has 0 spiro atoms. The Bertz CT molecular complexity index is 712. The molecule has 0 amide bonds. The number of aryl methyl sites for hydroxylation is 1. The number of hydrogen-bond donors (Lipinski definition) is 2. The lowest BCUT2D eigenvalue weighted by atomic mass is 10.1. The molecule has 4 nitrogen and oxygen atoms in total. The second-order valence-corrected chi connectivity index (χ2v) is 5.20. The fourth-order valence-corrected chi connectivity index (χ4v) is 2.06. The van der Waals surface area contributed by atoms with Crippen molar-refractivity contribution in [2.24, 2.45) is 5.10 Å². The molecule has 1 aromatic heterocycles. The SMILES string of the molecule is C=CCNC(=S)N/N=C/c1cc2ccc(C)cc2nc1Cl. The van der Waals surface area contributed by atoms with Crippen LogP contribution >= 0.6 is 23.8 Å². The number of pyridine rings is 1. The van der Waals surface area contributed by atoms with Gasteiger partial charge in [-0.15, -0.1) is 6.58 Å². The minimum Gasteiger partial charge on any atom is -0.358 e. The topological polar surface area (TPSA) is 49.3 Å². The van der Waals surface area contributed by atoms with Crippen molar-refractivity contribution in [2.75, 3.05) is 6.54 Å². The Hall–Kier alpha value is -1.98. The summed E-state index contributed by atoms with van der Waals surface area (Å²) in [6.45, 7) is 6.19. The van der Waals surface area contributed by atoms with Crippen molar-refractivity contribution in [1.82, 2.24) is 15.7 Å². The zero-order valence-corrected chi connectivity index (χ0v) is 13.1. The van der Waals surface area contributed by atoms with Crippen LogP contribution in [-0.4, -0.2) is 22.9 Å². The van der Waals surface area contributed by atoms with Crippen LogP contribution in [0, 0.1) is 6.92 Å². The normalized spacial score (nSPS) is 10.8. The second-order valence-electron chi connectivity index (χ2n) is 4.43. The molecule has 1 aromatic carbocycles. The van der Waals surface area contributed by atoms with E-state index in [9.17, 15) is 0 Å². The van der Waals surface area contributed by atoms with E-state index >= 15 is 0 Å². The molecule has 1 heterocycles. The van der Waals surface area contributed by atoms with Gasteiger partial charge in [0, 0.05) is 17.5 Å². The van der Waals surface area contributed by atoms with Crippen LogP contribution < -0.4 is 10.7 Å². The Morgan fingerprint density at radius 3 is 3.05 bits per heavy atom. The van der Waals surface area contributed by atoms with Crippen molar-refractivity contribution in [2.45, 2.75) is 6.92 Å². The maximum Gasteiger partial charge on any atom is 0.187 e. The highest BCUT2D eigenvalue weighted by Gasteiger charge is 2.03. The van der Waals surface area contributed by atoms with Crippen molar-refractivity contribution in [3.05, 3.63) is 53.2 Å². The number of hydrazone groups is 1. The number of hydrogen-bond acceptors (Lipinski definition) is 3. The first kappa shape index (κ1) is 15.4. The molecule has 0 atom stereocenters. The Balaban J connectivity index is 2.14. The molecule has 0 saturated carbocycles. The van der Waals surface area contributed by atoms with Gasteiger partial charge in [0.1, 0.15) is 5.15 Å². The summed E-state index contributed by atoms with van der Waals surface area (Å²) in [5.41, 5.74) is 5.45. The summed E-state index contributed by atoms with van der Waals surface area (Å²) < 4.78 is 0. The molecule has 21 heavy (non-hydrogen) atoms. The van der Waals surface area contributed by atoms with E-state index in [0.29, 0.717) is 16.8 Å². The van der Waals surface area contributed by atoms with Crippen LogP contribution in [0.25, 0.3) is 10.9 Å². The molecule has 6 heteroatoms. The van der Waals surface area contributed by atoms with Crippen LogP contribution in [0.4, 0.5) is 0 Å². The molecule has 2 aromatic rings. The zero-order chi connectivity index (χ0) is 15.2. The molecule has 0 aliphatic heterocycles. The van der Waals surface area contributed by atoms with Gasteiger partial charge >= 0.3 is 0 Å². The minimum absolute atomic E-state index is 0.406. The van der Waals surface area contributed by atoms with Gasteiger partial charge in [-0.25, -0.2) is 4.98 Å². The Labute approximate surface area is 133 Å². The van der Waals surface area contributed by atoms with Crippen molar-refractivity contribution < 1.29 is 0 Å². The van der Waals surface area contributed by atoms with Crippen LogP contribution in [0.2, 0.25) is 5.15 Å². The lowest BCUT2D eigenvalue weighted by Gasteiger charge is -2.05. The maximum atomic E-state index is 6.16. The van der Waals surface area contributed by atoms with Crippen LogP contribution in [-0.2, 0) is 0 Å². The first-order valence-electron chi connectivity index (χ1n) is 6.35. The lowest BCUT2D eigenvalue weighted by Crippen LogP contribution is -2.31. The van der Waals surface area contributed by atoms with E-state index in [1.54, 1.807) is 12.3 Å².